The second-order valence-corrected chi connectivity index (χ2v) is 7.62. The zero-order chi connectivity index (χ0) is 14.2. The van der Waals surface area contributed by atoms with Gasteiger partial charge in [0.15, 0.2) is 0 Å². The summed E-state index contributed by atoms with van der Waals surface area (Å²) >= 11 is 1.39. The summed E-state index contributed by atoms with van der Waals surface area (Å²) in [4.78, 5) is 1.23. The molecule has 0 amide bonds. The molecule has 0 spiro atoms. The molecule has 0 radical (unpaired) electrons. The quantitative estimate of drug-likeness (QED) is 0.946. The van der Waals surface area contributed by atoms with E-state index in [4.69, 9.17) is 5.73 Å². The number of anilines is 1. The Morgan fingerprint density at radius 3 is 2.85 bits per heavy atom. The topological polar surface area (TPSA) is 63.4 Å². The minimum Gasteiger partial charge on any atom is -0.326 e. The number of nitrogens with two attached hydrogens (primary N) is 1. The van der Waals surface area contributed by atoms with Crippen molar-refractivity contribution in [2.24, 2.45) is 5.73 Å². The van der Waals surface area contributed by atoms with Crippen molar-refractivity contribution in [1.82, 2.24) is 0 Å². The largest absolute Gasteiger partial charge is 0.326 e. The molecule has 4 nitrogen and oxygen atoms in total. The third kappa shape index (κ3) is 2.24. The first-order chi connectivity index (χ1) is 9.63. The normalized spacial score (nSPS) is 15.2. The Morgan fingerprint density at radius 2 is 2.10 bits per heavy atom. The monoisotopic (exact) mass is 308 g/mol. The molecule has 1 aliphatic rings. The van der Waals surface area contributed by atoms with E-state index in [9.17, 15) is 8.42 Å². The lowest BCUT2D eigenvalue weighted by Crippen LogP contribution is -2.35. The Bertz CT molecular complexity index is 722. The fraction of sp³-hybridized carbons (Fsp3) is 0.286. The van der Waals surface area contributed by atoms with Crippen molar-refractivity contribution in [3.05, 3.63) is 46.2 Å². The van der Waals surface area contributed by atoms with Gasteiger partial charge >= 0.3 is 0 Å². The summed E-state index contributed by atoms with van der Waals surface area (Å²) in [6.45, 7) is 0.907. The highest BCUT2D eigenvalue weighted by atomic mass is 32.2. The summed E-state index contributed by atoms with van der Waals surface area (Å²) in [5.41, 5.74) is 7.46. The molecule has 1 aromatic carbocycles. The fourth-order valence-corrected chi connectivity index (χ4v) is 5.16. The predicted molar refractivity (Wildman–Crippen MR) is 81.5 cm³/mol. The summed E-state index contributed by atoms with van der Waals surface area (Å²) in [6.07, 6.45) is 1.78. The summed E-state index contributed by atoms with van der Waals surface area (Å²) < 4.78 is 27.1. The smallest absolute Gasteiger partial charge is 0.265 e. The number of benzene rings is 1. The molecule has 106 valence electrons. The second kappa shape index (κ2) is 5.20. The summed E-state index contributed by atoms with van der Waals surface area (Å²) in [7, 11) is -3.48. The highest BCUT2D eigenvalue weighted by Gasteiger charge is 2.29. The number of rotatable bonds is 3. The van der Waals surface area contributed by atoms with Gasteiger partial charge in [0.2, 0.25) is 0 Å². The van der Waals surface area contributed by atoms with E-state index in [2.05, 4.69) is 0 Å². The van der Waals surface area contributed by atoms with Crippen LogP contribution in [0.1, 0.15) is 16.9 Å². The summed E-state index contributed by atoms with van der Waals surface area (Å²) in [6, 6.07) is 9.38. The number of fused-ring (bicyclic) bond motifs is 1. The van der Waals surface area contributed by atoms with E-state index in [1.807, 2.05) is 24.3 Å². The van der Waals surface area contributed by atoms with Crippen molar-refractivity contribution < 1.29 is 8.42 Å². The maximum atomic E-state index is 12.8. The molecule has 20 heavy (non-hydrogen) atoms. The second-order valence-electron chi connectivity index (χ2n) is 4.76. The van der Waals surface area contributed by atoms with Crippen molar-refractivity contribution >= 4 is 27.0 Å². The van der Waals surface area contributed by atoms with Crippen LogP contribution in [0.5, 0.6) is 0 Å². The Hall–Kier alpha value is -1.37. The van der Waals surface area contributed by atoms with Crippen molar-refractivity contribution in [3.8, 4) is 0 Å². The molecule has 2 N–H and O–H groups in total. The number of aryl methyl sites for hydroxylation is 1. The Morgan fingerprint density at radius 1 is 1.30 bits per heavy atom. The molecule has 1 aliphatic heterocycles. The average Bonchev–Trinajstić information content (AvgIpc) is 2.96. The van der Waals surface area contributed by atoms with E-state index in [1.54, 1.807) is 11.4 Å². The van der Waals surface area contributed by atoms with E-state index < -0.39 is 10.0 Å². The van der Waals surface area contributed by atoms with Crippen LogP contribution in [0.25, 0.3) is 0 Å². The third-order valence-corrected chi connectivity index (χ3v) is 6.39. The molecule has 0 unspecified atom stereocenters. The van der Waals surface area contributed by atoms with Gasteiger partial charge in [0, 0.05) is 23.3 Å². The van der Waals surface area contributed by atoms with Crippen molar-refractivity contribution in [3.63, 3.8) is 0 Å². The minimum atomic E-state index is -3.48. The Labute approximate surface area is 122 Å². The van der Waals surface area contributed by atoms with E-state index in [1.165, 1.54) is 15.6 Å². The van der Waals surface area contributed by atoms with Gasteiger partial charge in [-0.15, -0.1) is 11.3 Å². The van der Waals surface area contributed by atoms with Crippen LogP contribution in [0.15, 0.2) is 40.6 Å². The van der Waals surface area contributed by atoms with E-state index >= 15 is 0 Å². The lowest BCUT2D eigenvalue weighted by Gasteiger charge is -2.30. The Kier molecular flexibility index (Phi) is 3.54. The zero-order valence-corrected chi connectivity index (χ0v) is 12.6. The highest BCUT2D eigenvalue weighted by Crippen LogP contribution is 2.32. The van der Waals surface area contributed by atoms with E-state index in [0.717, 1.165) is 29.0 Å². The SMILES string of the molecule is NCc1cc(S(=O)(=O)N2CCCc3ccccc32)cs1. The van der Waals surface area contributed by atoms with E-state index in [0.29, 0.717) is 18.0 Å². The molecule has 0 saturated heterocycles. The fourth-order valence-electron chi connectivity index (χ4n) is 2.48. The van der Waals surface area contributed by atoms with Crippen molar-refractivity contribution in [2.75, 3.05) is 10.8 Å². The van der Waals surface area contributed by atoms with Crippen LogP contribution in [-0.4, -0.2) is 15.0 Å². The number of sulfonamides is 1. The maximum Gasteiger partial charge on any atom is 0.265 e. The molecule has 6 heteroatoms. The van der Waals surface area contributed by atoms with Gasteiger partial charge in [-0.05, 0) is 30.5 Å². The Balaban J connectivity index is 2.04. The van der Waals surface area contributed by atoms with Gasteiger partial charge in [-0.2, -0.15) is 0 Å². The molecular formula is C14H16N2O2S2. The van der Waals surface area contributed by atoms with Gasteiger partial charge in [-0.25, -0.2) is 8.42 Å². The summed E-state index contributed by atoms with van der Waals surface area (Å²) in [5.74, 6) is 0. The molecule has 0 fully saturated rings. The lowest BCUT2D eigenvalue weighted by atomic mass is 10.0. The van der Waals surface area contributed by atoms with Crippen LogP contribution < -0.4 is 10.0 Å². The average molecular weight is 308 g/mol. The number of para-hydroxylation sites is 1. The predicted octanol–water partition coefficient (Wildman–Crippen LogP) is 2.35. The molecule has 1 aromatic heterocycles. The first-order valence-electron chi connectivity index (χ1n) is 6.51. The molecule has 0 bridgehead atoms. The minimum absolute atomic E-state index is 0.347. The third-order valence-electron chi connectivity index (χ3n) is 3.49. The zero-order valence-electron chi connectivity index (χ0n) is 11.0. The van der Waals surface area contributed by atoms with Gasteiger partial charge < -0.3 is 5.73 Å². The first kappa shape index (κ1) is 13.6. The van der Waals surface area contributed by atoms with Crippen LogP contribution in [0, 0.1) is 0 Å². The van der Waals surface area contributed by atoms with Crippen molar-refractivity contribution in [1.29, 1.82) is 0 Å². The van der Waals surface area contributed by atoms with Crippen LogP contribution in [0.4, 0.5) is 5.69 Å². The molecule has 0 atom stereocenters. The molecule has 2 heterocycles. The molecule has 3 rings (SSSR count). The molecular weight excluding hydrogens is 292 g/mol. The van der Waals surface area contributed by atoms with Crippen LogP contribution in [-0.2, 0) is 23.0 Å². The van der Waals surface area contributed by atoms with Gasteiger partial charge in [0.1, 0.15) is 0 Å². The number of nitrogens with zero attached hydrogens (tertiary/aromatic N) is 1. The van der Waals surface area contributed by atoms with Gasteiger partial charge in [0.05, 0.1) is 10.6 Å². The van der Waals surface area contributed by atoms with Crippen LogP contribution >= 0.6 is 11.3 Å². The van der Waals surface area contributed by atoms with Gasteiger partial charge in [-0.1, -0.05) is 18.2 Å². The molecule has 0 aliphatic carbocycles. The number of hydrogen-bond acceptors (Lipinski definition) is 4. The standard InChI is InChI=1S/C14H16N2O2S2/c15-9-12-8-13(10-19-12)20(17,18)16-7-3-5-11-4-1-2-6-14(11)16/h1-2,4,6,8,10H,3,5,7,9,15H2. The number of hydrogen-bond donors (Lipinski definition) is 1. The maximum absolute atomic E-state index is 12.8. The van der Waals surface area contributed by atoms with Gasteiger partial charge in [-0.3, -0.25) is 4.31 Å². The number of thiophene rings is 1. The summed E-state index contributed by atoms with van der Waals surface area (Å²) in [5, 5.41) is 1.68. The van der Waals surface area contributed by atoms with Gasteiger partial charge in [0.25, 0.3) is 10.0 Å². The van der Waals surface area contributed by atoms with Crippen molar-refractivity contribution in [2.45, 2.75) is 24.3 Å². The van der Waals surface area contributed by atoms with E-state index in [-0.39, 0.29) is 0 Å². The van der Waals surface area contributed by atoms with Crippen LogP contribution in [0.2, 0.25) is 0 Å². The van der Waals surface area contributed by atoms with Crippen LogP contribution in [0.3, 0.4) is 0 Å². The lowest BCUT2D eigenvalue weighted by molar-refractivity contribution is 0.587. The molecule has 2 aromatic rings. The first-order valence-corrected chi connectivity index (χ1v) is 8.83. The highest BCUT2D eigenvalue weighted by molar-refractivity contribution is 7.93. The molecule has 0 saturated carbocycles.